The smallest absolute Gasteiger partial charge is 0.341 e. The predicted octanol–water partition coefficient (Wildman–Crippen LogP) is 3.17. The molecule has 2 heterocycles. The lowest BCUT2D eigenvalue weighted by atomic mass is 10.1. The Morgan fingerprint density at radius 1 is 1.42 bits per heavy atom. The number of benzene rings is 1. The van der Waals surface area contributed by atoms with Gasteiger partial charge in [0.05, 0.1) is 5.56 Å². The predicted molar refractivity (Wildman–Crippen MR) is 83.1 cm³/mol. The lowest BCUT2D eigenvalue weighted by Crippen LogP contribution is -2.24. The van der Waals surface area contributed by atoms with Gasteiger partial charge in [-0.15, -0.1) is 0 Å². The van der Waals surface area contributed by atoms with Crippen LogP contribution in [0.3, 0.4) is 0 Å². The molecule has 0 N–H and O–H groups in total. The van der Waals surface area contributed by atoms with E-state index in [4.69, 9.17) is 9.26 Å². The Hall–Kier alpha value is -2.70. The minimum absolute atomic E-state index is 0.0348. The van der Waals surface area contributed by atoms with Gasteiger partial charge in [0.1, 0.15) is 23.4 Å². The van der Waals surface area contributed by atoms with Crippen molar-refractivity contribution in [1.82, 2.24) is 5.16 Å². The van der Waals surface area contributed by atoms with E-state index >= 15 is 0 Å². The molecule has 0 aliphatic carbocycles. The fraction of sp³-hybridized carbons (Fsp3) is 0.353. The first kappa shape index (κ1) is 16.2. The van der Waals surface area contributed by atoms with Crippen molar-refractivity contribution in [3.63, 3.8) is 0 Å². The Bertz CT molecular complexity index is 787. The highest BCUT2D eigenvalue weighted by molar-refractivity contribution is 5.97. The minimum atomic E-state index is -0.811. The highest BCUT2D eigenvalue weighted by Gasteiger charge is 2.25. The van der Waals surface area contributed by atoms with Crippen molar-refractivity contribution in [3.05, 3.63) is 47.1 Å². The molecule has 0 radical (unpaired) electrons. The van der Waals surface area contributed by atoms with Gasteiger partial charge in [0.25, 0.3) is 0 Å². The van der Waals surface area contributed by atoms with E-state index in [-0.39, 0.29) is 11.5 Å². The quantitative estimate of drug-likeness (QED) is 0.804. The van der Waals surface area contributed by atoms with Crippen molar-refractivity contribution in [2.75, 3.05) is 11.4 Å². The molecule has 24 heavy (non-hydrogen) atoms. The number of halogens is 1. The van der Waals surface area contributed by atoms with Gasteiger partial charge in [-0.25, -0.2) is 9.18 Å². The Balaban J connectivity index is 1.80. The molecule has 1 aliphatic rings. The Kier molecular flexibility index (Phi) is 4.33. The molecule has 0 saturated carbocycles. The highest BCUT2D eigenvalue weighted by atomic mass is 19.1. The summed E-state index contributed by atoms with van der Waals surface area (Å²) in [6.07, 6.45) is 0.532. The highest BCUT2D eigenvalue weighted by Crippen LogP contribution is 2.25. The summed E-state index contributed by atoms with van der Waals surface area (Å²) in [5.41, 5.74) is 0.738. The van der Waals surface area contributed by atoms with Crippen LogP contribution < -0.4 is 4.90 Å². The molecule has 1 amide bonds. The van der Waals surface area contributed by atoms with Crippen LogP contribution in [0.15, 0.2) is 28.8 Å². The van der Waals surface area contributed by atoms with E-state index in [9.17, 15) is 14.0 Å². The van der Waals surface area contributed by atoms with Gasteiger partial charge in [-0.3, -0.25) is 4.79 Å². The molecule has 1 saturated heterocycles. The number of ether oxygens (including phenoxy) is 1. The van der Waals surface area contributed by atoms with Crippen molar-refractivity contribution < 1.29 is 23.2 Å². The number of aromatic nitrogens is 1. The topological polar surface area (TPSA) is 72.6 Å². The lowest BCUT2D eigenvalue weighted by molar-refractivity contribution is -0.117. The summed E-state index contributed by atoms with van der Waals surface area (Å²) < 4.78 is 24.2. The molecule has 3 rings (SSSR count). The molecule has 6 nitrogen and oxygen atoms in total. The van der Waals surface area contributed by atoms with Crippen LogP contribution in [0.2, 0.25) is 0 Å². The molecule has 2 aromatic rings. The molecular formula is C17H17FN2O4. The van der Waals surface area contributed by atoms with E-state index in [1.807, 2.05) is 0 Å². The van der Waals surface area contributed by atoms with Gasteiger partial charge in [-0.05, 0) is 38.5 Å². The Labute approximate surface area is 138 Å². The second kappa shape index (κ2) is 6.43. The summed E-state index contributed by atoms with van der Waals surface area (Å²) in [4.78, 5) is 25.6. The SMILES string of the molecule is Cc1cc([C@H](C)OC(=O)c2cc(N3CCCC3=O)ccc2F)no1. The van der Waals surface area contributed by atoms with E-state index < -0.39 is 17.9 Å². The summed E-state index contributed by atoms with van der Waals surface area (Å²) >= 11 is 0. The van der Waals surface area contributed by atoms with Crippen molar-refractivity contribution in [2.45, 2.75) is 32.8 Å². The maximum Gasteiger partial charge on any atom is 0.341 e. The van der Waals surface area contributed by atoms with E-state index in [1.54, 1.807) is 24.8 Å². The van der Waals surface area contributed by atoms with Crippen molar-refractivity contribution in [1.29, 1.82) is 0 Å². The van der Waals surface area contributed by atoms with Gasteiger partial charge in [-0.2, -0.15) is 0 Å². The summed E-state index contributed by atoms with van der Waals surface area (Å²) in [5.74, 6) is -0.950. The van der Waals surface area contributed by atoms with Crippen LogP contribution in [-0.2, 0) is 9.53 Å². The molecule has 1 atom stereocenters. The third-order valence-electron chi connectivity index (χ3n) is 3.90. The van der Waals surface area contributed by atoms with Crippen LogP contribution >= 0.6 is 0 Å². The maximum absolute atomic E-state index is 14.0. The van der Waals surface area contributed by atoms with Crippen LogP contribution in [0, 0.1) is 12.7 Å². The van der Waals surface area contributed by atoms with E-state index in [0.717, 1.165) is 6.42 Å². The second-order valence-corrected chi connectivity index (χ2v) is 5.72. The minimum Gasteiger partial charge on any atom is -0.452 e. The van der Waals surface area contributed by atoms with Crippen LogP contribution in [0.25, 0.3) is 0 Å². The third-order valence-corrected chi connectivity index (χ3v) is 3.90. The zero-order valence-corrected chi connectivity index (χ0v) is 13.4. The number of rotatable bonds is 4. The number of nitrogens with zero attached hydrogens (tertiary/aromatic N) is 2. The second-order valence-electron chi connectivity index (χ2n) is 5.72. The molecule has 1 aromatic carbocycles. The first-order valence-corrected chi connectivity index (χ1v) is 7.70. The van der Waals surface area contributed by atoms with Crippen molar-refractivity contribution in [3.8, 4) is 0 Å². The molecule has 1 aromatic heterocycles. The first-order chi connectivity index (χ1) is 11.5. The largest absolute Gasteiger partial charge is 0.452 e. The molecule has 126 valence electrons. The Morgan fingerprint density at radius 2 is 2.21 bits per heavy atom. The lowest BCUT2D eigenvalue weighted by Gasteiger charge is -2.17. The molecule has 1 aliphatic heterocycles. The Morgan fingerprint density at radius 3 is 2.83 bits per heavy atom. The van der Waals surface area contributed by atoms with Gasteiger partial charge in [-0.1, -0.05) is 5.16 Å². The van der Waals surface area contributed by atoms with E-state index in [2.05, 4.69) is 5.16 Å². The average molecular weight is 332 g/mol. The number of amides is 1. The number of hydrogen-bond donors (Lipinski definition) is 0. The number of esters is 1. The normalized spacial score (nSPS) is 15.6. The number of carbonyl (C=O) groups excluding carboxylic acids is 2. The zero-order chi connectivity index (χ0) is 17.3. The maximum atomic E-state index is 14.0. The van der Waals surface area contributed by atoms with Gasteiger partial charge in [0.2, 0.25) is 5.91 Å². The summed E-state index contributed by atoms with van der Waals surface area (Å²) in [7, 11) is 0. The van der Waals surface area contributed by atoms with Crippen LogP contribution in [0.4, 0.5) is 10.1 Å². The monoisotopic (exact) mass is 332 g/mol. The molecule has 7 heteroatoms. The summed E-state index contributed by atoms with van der Waals surface area (Å²) in [6, 6.07) is 5.65. The van der Waals surface area contributed by atoms with E-state index in [1.165, 1.54) is 18.2 Å². The van der Waals surface area contributed by atoms with Crippen LogP contribution in [0.1, 0.15) is 47.7 Å². The fourth-order valence-electron chi connectivity index (χ4n) is 2.62. The molecule has 1 fully saturated rings. The number of carbonyl (C=O) groups is 2. The van der Waals surface area contributed by atoms with Gasteiger partial charge < -0.3 is 14.2 Å². The molecule has 0 bridgehead atoms. The van der Waals surface area contributed by atoms with Crippen LogP contribution in [-0.4, -0.2) is 23.6 Å². The summed E-state index contributed by atoms with van der Waals surface area (Å²) in [5, 5.41) is 3.78. The van der Waals surface area contributed by atoms with Gasteiger partial charge >= 0.3 is 5.97 Å². The number of aryl methyl sites for hydroxylation is 1. The van der Waals surface area contributed by atoms with Crippen molar-refractivity contribution >= 4 is 17.6 Å². The van der Waals surface area contributed by atoms with E-state index in [0.29, 0.717) is 30.1 Å². The third kappa shape index (κ3) is 3.15. The molecule has 0 unspecified atom stereocenters. The van der Waals surface area contributed by atoms with Gasteiger partial charge in [0.15, 0.2) is 0 Å². The first-order valence-electron chi connectivity index (χ1n) is 7.70. The standard InChI is InChI=1S/C17H17FN2O4/c1-10-8-15(19-24-10)11(2)23-17(22)13-9-12(5-6-14(13)18)20-7-3-4-16(20)21/h5-6,8-9,11H,3-4,7H2,1-2H3/t11-/m0/s1. The fourth-order valence-corrected chi connectivity index (χ4v) is 2.62. The number of hydrogen-bond acceptors (Lipinski definition) is 5. The number of anilines is 1. The molecule has 0 spiro atoms. The van der Waals surface area contributed by atoms with Crippen molar-refractivity contribution in [2.24, 2.45) is 0 Å². The van der Waals surface area contributed by atoms with Gasteiger partial charge in [0, 0.05) is 24.7 Å². The zero-order valence-electron chi connectivity index (χ0n) is 13.4. The summed E-state index contributed by atoms with van der Waals surface area (Å²) in [6.45, 7) is 3.91. The average Bonchev–Trinajstić information content (AvgIpc) is 3.16. The molecular weight excluding hydrogens is 315 g/mol. The van der Waals surface area contributed by atoms with Crippen LogP contribution in [0.5, 0.6) is 0 Å².